The van der Waals surface area contributed by atoms with Crippen LogP contribution in [0.25, 0.3) is 11.0 Å². The van der Waals surface area contributed by atoms with Crippen LogP contribution in [0.2, 0.25) is 0 Å². The summed E-state index contributed by atoms with van der Waals surface area (Å²) in [4.78, 5) is 23.4. The van der Waals surface area contributed by atoms with Crippen LogP contribution in [0.4, 0.5) is 0 Å². The number of hydrogen-bond donors (Lipinski definition) is 1. The highest BCUT2D eigenvalue weighted by Crippen LogP contribution is 2.34. The van der Waals surface area contributed by atoms with E-state index >= 15 is 0 Å². The number of pyridine rings is 2. The molecule has 2 aromatic heterocycles. The molecule has 1 unspecified atom stereocenters. The molecule has 0 spiro atoms. The van der Waals surface area contributed by atoms with Crippen molar-refractivity contribution >= 4 is 16.9 Å². The molecule has 5 heteroatoms. The molecule has 0 aromatic carbocycles. The number of nitrogens with zero attached hydrogens (tertiary/aromatic N) is 3. The van der Waals surface area contributed by atoms with Gasteiger partial charge in [-0.3, -0.25) is 4.79 Å². The number of carbonyl (C=O) groups is 1. The molecular weight excluding hydrogens is 290 g/mol. The summed E-state index contributed by atoms with van der Waals surface area (Å²) in [5.74, 6) is 0.145. The lowest BCUT2D eigenvalue weighted by molar-refractivity contribution is -0.149. The number of carbonyl (C=O) groups excluding carboxylic acids is 1. The van der Waals surface area contributed by atoms with Gasteiger partial charge in [0.25, 0.3) is 5.91 Å². The lowest BCUT2D eigenvalue weighted by Crippen LogP contribution is -2.46. The molecule has 0 radical (unpaired) electrons. The molecule has 1 atom stereocenters. The fourth-order valence-corrected chi connectivity index (χ4v) is 3.85. The summed E-state index contributed by atoms with van der Waals surface area (Å²) < 4.78 is 0. The first kappa shape index (κ1) is 14.6. The molecule has 1 saturated heterocycles. The van der Waals surface area contributed by atoms with Crippen LogP contribution in [0.15, 0.2) is 30.5 Å². The summed E-state index contributed by atoms with van der Waals surface area (Å²) in [6, 6.07) is 7.98. The third-order valence-corrected chi connectivity index (χ3v) is 5.21. The lowest BCUT2D eigenvalue weighted by atomic mass is 10.0. The minimum atomic E-state index is -1.12. The van der Waals surface area contributed by atoms with E-state index in [0.29, 0.717) is 25.9 Å². The van der Waals surface area contributed by atoms with Crippen LogP contribution in [0.5, 0.6) is 0 Å². The molecule has 1 amide bonds. The summed E-state index contributed by atoms with van der Waals surface area (Å²) in [6.45, 7) is 1.35. The minimum absolute atomic E-state index is 0.0867. The van der Waals surface area contributed by atoms with Gasteiger partial charge in [-0.1, -0.05) is 0 Å². The zero-order valence-corrected chi connectivity index (χ0v) is 13.1. The van der Waals surface area contributed by atoms with Crippen LogP contribution in [0.3, 0.4) is 0 Å². The van der Waals surface area contributed by atoms with Gasteiger partial charge in [-0.2, -0.15) is 0 Å². The second-order valence-corrected chi connectivity index (χ2v) is 6.76. The van der Waals surface area contributed by atoms with E-state index in [9.17, 15) is 9.90 Å². The zero-order valence-electron chi connectivity index (χ0n) is 13.1. The van der Waals surface area contributed by atoms with Crippen molar-refractivity contribution in [3.8, 4) is 0 Å². The predicted octanol–water partition coefficient (Wildman–Crippen LogP) is 2.25. The monoisotopic (exact) mass is 311 g/mol. The molecule has 0 bridgehead atoms. The first-order chi connectivity index (χ1) is 11.2. The first-order valence-electron chi connectivity index (χ1n) is 8.39. The van der Waals surface area contributed by atoms with E-state index in [0.717, 1.165) is 36.0 Å². The van der Waals surface area contributed by atoms with Gasteiger partial charge in [0.2, 0.25) is 0 Å². The summed E-state index contributed by atoms with van der Waals surface area (Å²) in [5.41, 5.74) is 0.627. The van der Waals surface area contributed by atoms with Gasteiger partial charge in [0.15, 0.2) is 5.65 Å². The molecule has 3 heterocycles. The largest absolute Gasteiger partial charge is 0.380 e. The molecule has 2 fully saturated rings. The third-order valence-electron chi connectivity index (χ3n) is 5.21. The Morgan fingerprint density at radius 3 is 2.91 bits per heavy atom. The fourth-order valence-electron chi connectivity index (χ4n) is 3.85. The maximum atomic E-state index is 12.6. The number of hydrogen-bond acceptors (Lipinski definition) is 4. The van der Waals surface area contributed by atoms with Gasteiger partial charge in [-0.05, 0) is 56.4 Å². The fraction of sp³-hybridized carbons (Fsp3) is 0.500. The Hall–Kier alpha value is -2.01. The van der Waals surface area contributed by atoms with E-state index < -0.39 is 5.60 Å². The first-order valence-corrected chi connectivity index (χ1v) is 8.39. The number of rotatable bonds is 2. The van der Waals surface area contributed by atoms with Crippen molar-refractivity contribution in [2.45, 2.75) is 43.6 Å². The Morgan fingerprint density at radius 2 is 2.09 bits per heavy atom. The second-order valence-electron chi connectivity index (χ2n) is 6.76. The van der Waals surface area contributed by atoms with E-state index in [2.05, 4.69) is 9.97 Å². The minimum Gasteiger partial charge on any atom is -0.380 e. The van der Waals surface area contributed by atoms with Crippen molar-refractivity contribution in [2.75, 3.05) is 13.1 Å². The molecule has 1 aliphatic heterocycles. The number of aliphatic hydroxyl groups is 1. The number of fused-ring (bicyclic) bond motifs is 1. The lowest BCUT2D eigenvalue weighted by Gasteiger charge is -2.27. The van der Waals surface area contributed by atoms with Crippen molar-refractivity contribution in [3.63, 3.8) is 0 Å². The highest BCUT2D eigenvalue weighted by atomic mass is 16.3. The number of aromatic nitrogens is 2. The van der Waals surface area contributed by atoms with Crippen molar-refractivity contribution in [3.05, 3.63) is 36.2 Å². The van der Waals surface area contributed by atoms with Crippen LogP contribution in [0.1, 0.15) is 43.7 Å². The van der Waals surface area contributed by atoms with E-state index in [1.807, 2.05) is 29.2 Å². The molecule has 2 aromatic rings. The van der Waals surface area contributed by atoms with Gasteiger partial charge in [0, 0.05) is 36.3 Å². The normalized spacial score (nSPS) is 23.5. The maximum absolute atomic E-state index is 12.6. The summed E-state index contributed by atoms with van der Waals surface area (Å²) in [5, 5.41) is 11.5. The van der Waals surface area contributed by atoms with Gasteiger partial charge >= 0.3 is 0 Å². The molecule has 1 saturated carbocycles. The van der Waals surface area contributed by atoms with E-state index in [-0.39, 0.29) is 11.8 Å². The summed E-state index contributed by atoms with van der Waals surface area (Å²) in [7, 11) is 0. The standard InChI is InChI=1S/C18H21N3O2/c22-17(18(23)8-1-2-9-18)21-11-7-14(12-21)15-6-5-13-4-3-10-19-16(13)20-15/h3-6,10,14,23H,1-2,7-9,11-12H2. The van der Waals surface area contributed by atoms with Crippen molar-refractivity contribution in [2.24, 2.45) is 0 Å². The molecule has 5 nitrogen and oxygen atoms in total. The van der Waals surface area contributed by atoms with E-state index in [1.165, 1.54) is 0 Å². The smallest absolute Gasteiger partial charge is 0.254 e. The molecule has 120 valence electrons. The molecule has 4 rings (SSSR count). The zero-order chi connectivity index (χ0) is 15.9. The van der Waals surface area contributed by atoms with Crippen molar-refractivity contribution < 1.29 is 9.90 Å². The van der Waals surface area contributed by atoms with Crippen molar-refractivity contribution in [1.82, 2.24) is 14.9 Å². The van der Waals surface area contributed by atoms with Gasteiger partial charge in [-0.25, -0.2) is 9.97 Å². The predicted molar refractivity (Wildman–Crippen MR) is 86.9 cm³/mol. The quantitative estimate of drug-likeness (QED) is 0.924. The van der Waals surface area contributed by atoms with Crippen LogP contribution in [0, 0.1) is 0 Å². The Labute approximate surface area is 135 Å². The Kier molecular flexibility index (Phi) is 3.53. The van der Waals surface area contributed by atoms with Gasteiger partial charge in [-0.15, -0.1) is 0 Å². The highest BCUT2D eigenvalue weighted by Gasteiger charge is 2.43. The van der Waals surface area contributed by atoms with Crippen LogP contribution in [-0.2, 0) is 4.79 Å². The Balaban J connectivity index is 1.52. The van der Waals surface area contributed by atoms with E-state index in [1.54, 1.807) is 6.20 Å². The third kappa shape index (κ3) is 2.59. The summed E-state index contributed by atoms with van der Waals surface area (Å²) in [6.07, 6.45) is 5.73. The molecule has 1 aliphatic carbocycles. The molecular formula is C18H21N3O2. The van der Waals surface area contributed by atoms with Crippen LogP contribution < -0.4 is 0 Å². The average molecular weight is 311 g/mol. The number of amides is 1. The van der Waals surface area contributed by atoms with Gasteiger partial charge in [0.1, 0.15) is 5.60 Å². The van der Waals surface area contributed by atoms with Crippen LogP contribution in [-0.4, -0.2) is 44.6 Å². The van der Waals surface area contributed by atoms with Gasteiger partial charge in [0.05, 0.1) is 0 Å². The average Bonchev–Trinajstić information content (AvgIpc) is 3.24. The number of likely N-dealkylation sites (tertiary alicyclic amines) is 1. The highest BCUT2D eigenvalue weighted by molar-refractivity contribution is 5.85. The summed E-state index contributed by atoms with van der Waals surface area (Å²) >= 11 is 0. The molecule has 23 heavy (non-hydrogen) atoms. The van der Waals surface area contributed by atoms with E-state index in [4.69, 9.17) is 0 Å². The SMILES string of the molecule is O=C(N1CCC(c2ccc3cccnc3n2)C1)C1(O)CCCC1. The Bertz CT molecular complexity index is 740. The van der Waals surface area contributed by atoms with Crippen LogP contribution >= 0.6 is 0 Å². The second kappa shape index (κ2) is 5.57. The van der Waals surface area contributed by atoms with Gasteiger partial charge < -0.3 is 10.0 Å². The topological polar surface area (TPSA) is 66.3 Å². The Morgan fingerprint density at radius 1 is 1.26 bits per heavy atom. The van der Waals surface area contributed by atoms with Crippen molar-refractivity contribution in [1.29, 1.82) is 0 Å². The maximum Gasteiger partial charge on any atom is 0.254 e. The molecule has 1 N–H and O–H groups in total. The molecule has 2 aliphatic rings.